The highest BCUT2D eigenvalue weighted by Gasteiger charge is 2.08. The van der Waals surface area contributed by atoms with Crippen molar-refractivity contribution in [3.05, 3.63) is 58.4 Å². The predicted octanol–water partition coefficient (Wildman–Crippen LogP) is 1.23. The number of aromatic nitrogens is 2. The molecule has 2 heterocycles. The molecule has 0 spiro atoms. The normalized spacial score (nSPS) is 11.4. The van der Waals surface area contributed by atoms with E-state index in [-0.39, 0.29) is 11.4 Å². The SMILES string of the molecule is Cn1c(=O)n(C)c2cc(/C=N/NC(=O)c3ccco3)ccc21. The minimum atomic E-state index is -0.422. The Morgan fingerprint density at radius 3 is 2.73 bits per heavy atom. The second kappa shape index (κ2) is 5.36. The molecule has 1 amide bonds. The second-order valence-corrected chi connectivity index (χ2v) is 4.83. The highest BCUT2D eigenvalue weighted by molar-refractivity contribution is 5.93. The number of fused-ring (bicyclic) bond motifs is 1. The fourth-order valence-electron chi connectivity index (χ4n) is 2.23. The summed E-state index contributed by atoms with van der Waals surface area (Å²) in [4.78, 5) is 23.5. The zero-order valence-corrected chi connectivity index (χ0v) is 12.1. The van der Waals surface area contributed by atoms with Crippen molar-refractivity contribution in [1.29, 1.82) is 0 Å². The summed E-state index contributed by atoms with van der Waals surface area (Å²) in [5.74, 6) is -0.229. The smallest absolute Gasteiger partial charge is 0.328 e. The second-order valence-electron chi connectivity index (χ2n) is 4.83. The zero-order chi connectivity index (χ0) is 15.7. The number of carbonyl (C=O) groups is 1. The number of nitrogens with zero attached hydrogens (tertiary/aromatic N) is 3. The van der Waals surface area contributed by atoms with Crippen molar-refractivity contribution in [3.63, 3.8) is 0 Å². The van der Waals surface area contributed by atoms with E-state index in [1.165, 1.54) is 12.5 Å². The molecule has 0 fully saturated rings. The standard InChI is InChI=1S/C15H14N4O3/c1-18-11-6-5-10(8-12(11)19(2)15(18)21)9-16-17-14(20)13-4-3-7-22-13/h3-9H,1-2H3,(H,17,20)/b16-9+. The quantitative estimate of drug-likeness (QED) is 0.583. The molecule has 1 N–H and O–H groups in total. The van der Waals surface area contributed by atoms with E-state index in [4.69, 9.17) is 4.42 Å². The fraction of sp³-hybridized carbons (Fsp3) is 0.133. The first-order chi connectivity index (χ1) is 10.6. The minimum absolute atomic E-state index is 0.0878. The third kappa shape index (κ3) is 2.32. The number of nitrogens with one attached hydrogen (secondary N) is 1. The van der Waals surface area contributed by atoms with Gasteiger partial charge in [-0.1, -0.05) is 6.07 Å². The summed E-state index contributed by atoms with van der Waals surface area (Å²) in [6.45, 7) is 0. The van der Waals surface area contributed by atoms with E-state index in [9.17, 15) is 9.59 Å². The minimum Gasteiger partial charge on any atom is -0.459 e. The van der Waals surface area contributed by atoms with Gasteiger partial charge in [0.05, 0.1) is 23.5 Å². The molecule has 1 aromatic carbocycles. The Hall–Kier alpha value is -3.09. The number of rotatable bonds is 3. The first kappa shape index (κ1) is 13.9. The van der Waals surface area contributed by atoms with Crippen molar-refractivity contribution in [2.24, 2.45) is 19.2 Å². The van der Waals surface area contributed by atoms with Crippen LogP contribution in [0.2, 0.25) is 0 Å². The highest BCUT2D eigenvalue weighted by atomic mass is 16.3. The summed E-state index contributed by atoms with van der Waals surface area (Å²) in [7, 11) is 3.44. The molecule has 2 aromatic heterocycles. The molecule has 3 aromatic rings. The summed E-state index contributed by atoms with van der Waals surface area (Å²) in [5, 5.41) is 3.88. The number of furan rings is 1. The molecule has 3 rings (SSSR count). The molecule has 0 atom stereocenters. The zero-order valence-electron chi connectivity index (χ0n) is 12.1. The lowest BCUT2D eigenvalue weighted by molar-refractivity contribution is 0.0927. The van der Waals surface area contributed by atoms with Gasteiger partial charge in [-0.3, -0.25) is 13.9 Å². The van der Waals surface area contributed by atoms with Gasteiger partial charge in [0.2, 0.25) is 0 Å². The number of hydrogen-bond donors (Lipinski definition) is 1. The lowest BCUT2D eigenvalue weighted by atomic mass is 10.2. The van der Waals surface area contributed by atoms with E-state index in [0.717, 1.165) is 16.6 Å². The van der Waals surface area contributed by atoms with Gasteiger partial charge in [0.25, 0.3) is 0 Å². The van der Waals surface area contributed by atoms with Crippen molar-refractivity contribution in [2.75, 3.05) is 0 Å². The Bertz CT molecular complexity index is 916. The summed E-state index contributed by atoms with van der Waals surface area (Å²) >= 11 is 0. The molecule has 0 aliphatic rings. The predicted molar refractivity (Wildman–Crippen MR) is 81.9 cm³/mol. The monoisotopic (exact) mass is 298 g/mol. The van der Waals surface area contributed by atoms with Crippen molar-refractivity contribution >= 4 is 23.2 Å². The van der Waals surface area contributed by atoms with Gasteiger partial charge in [-0.15, -0.1) is 0 Å². The van der Waals surface area contributed by atoms with E-state index in [1.54, 1.807) is 35.4 Å². The Balaban J connectivity index is 1.82. The average molecular weight is 298 g/mol. The first-order valence-corrected chi connectivity index (χ1v) is 6.60. The van der Waals surface area contributed by atoms with E-state index in [1.807, 2.05) is 18.2 Å². The van der Waals surface area contributed by atoms with Crippen LogP contribution < -0.4 is 11.1 Å². The molecule has 0 unspecified atom stereocenters. The third-order valence-corrected chi connectivity index (χ3v) is 3.42. The van der Waals surface area contributed by atoms with Gasteiger partial charge in [-0.2, -0.15) is 5.10 Å². The number of aryl methyl sites for hydroxylation is 2. The number of benzene rings is 1. The van der Waals surface area contributed by atoms with E-state index in [2.05, 4.69) is 10.5 Å². The number of hydrogen-bond acceptors (Lipinski definition) is 4. The van der Waals surface area contributed by atoms with Crippen molar-refractivity contribution in [3.8, 4) is 0 Å². The topological polar surface area (TPSA) is 81.5 Å². The van der Waals surface area contributed by atoms with Gasteiger partial charge < -0.3 is 4.42 Å². The maximum Gasteiger partial charge on any atom is 0.328 e. The lowest BCUT2D eigenvalue weighted by Crippen LogP contribution is -2.19. The molecule has 0 saturated heterocycles. The van der Waals surface area contributed by atoms with Crippen LogP contribution in [0.25, 0.3) is 11.0 Å². The van der Waals surface area contributed by atoms with Crippen LogP contribution >= 0.6 is 0 Å². The summed E-state index contributed by atoms with van der Waals surface area (Å²) < 4.78 is 8.10. The third-order valence-electron chi connectivity index (χ3n) is 3.42. The lowest BCUT2D eigenvalue weighted by Gasteiger charge is -1.98. The first-order valence-electron chi connectivity index (χ1n) is 6.60. The van der Waals surface area contributed by atoms with Gasteiger partial charge in [0, 0.05) is 14.1 Å². The molecule has 0 radical (unpaired) electrons. The highest BCUT2D eigenvalue weighted by Crippen LogP contribution is 2.12. The van der Waals surface area contributed by atoms with E-state index < -0.39 is 5.91 Å². The molecule has 0 bridgehead atoms. The Morgan fingerprint density at radius 1 is 1.23 bits per heavy atom. The molecule has 112 valence electrons. The van der Waals surface area contributed by atoms with Crippen LogP contribution in [0.15, 0.2) is 50.9 Å². The van der Waals surface area contributed by atoms with E-state index in [0.29, 0.717) is 0 Å². The molecule has 0 saturated carbocycles. The summed E-state index contributed by atoms with van der Waals surface area (Å²) in [6.07, 6.45) is 2.93. The number of imidazole rings is 1. The maximum absolute atomic E-state index is 11.9. The molecule has 7 nitrogen and oxygen atoms in total. The Labute approximate surface area is 125 Å². The largest absolute Gasteiger partial charge is 0.459 e. The average Bonchev–Trinajstić information content (AvgIpc) is 3.12. The fourth-order valence-corrected chi connectivity index (χ4v) is 2.23. The van der Waals surface area contributed by atoms with Gasteiger partial charge in [-0.25, -0.2) is 10.2 Å². The molecular weight excluding hydrogens is 284 g/mol. The number of amides is 1. The molecule has 0 aliphatic carbocycles. The number of hydrazone groups is 1. The van der Waals surface area contributed by atoms with Crippen LogP contribution in [0.3, 0.4) is 0 Å². The summed E-state index contributed by atoms with van der Waals surface area (Å²) in [5.41, 5.74) is 4.70. The molecule has 7 heteroatoms. The van der Waals surface area contributed by atoms with Crippen LogP contribution in [0.4, 0.5) is 0 Å². The molecular formula is C15H14N4O3. The molecule has 22 heavy (non-hydrogen) atoms. The maximum atomic E-state index is 11.9. The van der Waals surface area contributed by atoms with Crippen LogP contribution in [-0.2, 0) is 14.1 Å². The van der Waals surface area contributed by atoms with Crippen LogP contribution in [0.5, 0.6) is 0 Å². The van der Waals surface area contributed by atoms with Gasteiger partial charge >= 0.3 is 11.6 Å². The Morgan fingerprint density at radius 2 is 2.00 bits per heavy atom. The Kier molecular flexibility index (Phi) is 3.38. The van der Waals surface area contributed by atoms with Crippen molar-refractivity contribution < 1.29 is 9.21 Å². The summed E-state index contributed by atoms with van der Waals surface area (Å²) in [6, 6.07) is 8.68. The van der Waals surface area contributed by atoms with E-state index >= 15 is 0 Å². The number of carbonyl (C=O) groups excluding carboxylic acids is 1. The van der Waals surface area contributed by atoms with Crippen molar-refractivity contribution in [1.82, 2.24) is 14.6 Å². The van der Waals surface area contributed by atoms with Gasteiger partial charge in [0.15, 0.2) is 5.76 Å². The van der Waals surface area contributed by atoms with Gasteiger partial charge in [-0.05, 0) is 29.8 Å². The van der Waals surface area contributed by atoms with Gasteiger partial charge in [0.1, 0.15) is 0 Å². The molecule has 0 aliphatic heterocycles. The van der Waals surface area contributed by atoms with Crippen LogP contribution in [-0.4, -0.2) is 21.3 Å². The van der Waals surface area contributed by atoms with Crippen LogP contribution in [0.1, 0.15) is 16.1 Å². The van der Waals surface area contributed by atoms with Crippen LogP contribution in [0, 0.1) is 0 Å². The van der Waals surface area contributed by atoms with Crippen molar-refractivity contribution in [2.45, 2.75) is 0 Å².